The van der Waals surface area contributed by atoms with Gasteiger partial charge in [0.25, 0.3) is 0 Å². The molecule has 4 nitrogen and oxygen atoms in total. The van der Waals surface area contributed by atoms with Crippen LogP contribution in [0, 0.1) is 5.92 Å². The van der Waals surface area contributed by atoms with Crippen molar-refractivity contribution in [1.29, 1.82) is 0 Å². The SMILES string of the molecule is CC(C)[C@H]1COC(=O)N1C(C)(Br)CCC=O. The van der Waals surface area contributed by atoms with Crippen LogP contribution in [0.3, 0.4) is 0 Å². The third kappa shape index (κ3) is 2.75. The number of halogens is 1. The van der Waals surface area contributed by atoms with Gasteiger partial charge < -0.3 is 9.53 Å². The van der Waals surface area contributed by atoms with Gasteiger partial charge in [-0.2, -0.15) is 0 Å². The Morgan fingerprint density at radius 2 is 2.31 bits per heavy atom. The fraction of sp³-hybridized carbons (Fsp3) is 0.818. The van der Waals surface area contributed by atoms with Crippen molar-refractivity contribution in [3.63, 3.8) is 0 Å². The molecule has 1 saturated heterocycles. The zero-order chi connectivity index (χ0) is 12.3. The van der Waals surface area contributed by atoms with Crippen LogP contribution in [-0.4, -0.2) is 34.4 Å². The second-order valence-electron chi connectivity index (χ2n) is 4.61. The highest BCUT2D eigenvalue weighted by atomic mass is 79.9. The lowest BCUT2D eigenvalue weighted by Crippen LogP contribution is -2.49. The number of alkyl halides is 1. The van der Waals surface area contributed by atoms with Gasteiger partial charge in [-0.1, -0.05) is 29.8 Å². The molecule has 2 atom stereocenters. The summed E-state index contributed by atoms with van der Waals surface area (Å²) < 4.78 is 4.57. The molecule has 0 aromatic rings. The number of hydrogen-bond acceptors (Lipinski definition) is 3. The average Bonchev–Trinajstić information content (AvgIpc) is 2.58. The summed E-state index contributed by atoms with van der Waals surface area (Å²) in [5.41, 5.74) is 0. The molecular weight excluding hydrogens is 274 g/mol. The minimum absolute atomic E-state index is 0.0727. The number of cyclic esters (lactones) is 1. The van der Waals surface area contributed by atoms with Gasteiger partial charge in [-0.25, -0.2) is 4.79 Å². The first-order chi connectivity index (χ1) is 7.40. The Kier molecular flexibility index (Phi) is 4.35. The van der Waals surface area contributed by atoms with Gasteiger partial charge in [0, 0.05) is 6.42 Å². The number of ether oxygens (including phenoxy) is 1. The quantitative estimate of drug-likeness (QED) is 0.444. The molecule has 1 aliphatic rings. The summed E-state index contributed by atoms with van der Waals surface area (Å²) in [5, 5.41) is 0. The Balaban J connectivity index is 2.81. The van der Waals surface area contributed by atoms with Gasteiger partial charge in [0.2, 0.25) is 0 Å². The molecule has 0 aromatic carbocycles. The standard InChI is InChI=1S/C11H18BrNO3/c1-8(2)9-7-16-10(15)13(9)11(3,12)5-4-6-14/h6,8-9H,4-5,7H2,1-3H3/t9-,11?/m1/s1. The lowest BCUT2D eigenvalue weighted by Gasteiger charge is -2.37. The molecule has 0 radical (unpaired) electrons. The predicted octanol–water partition coefficient (Wildman–Crippen LogP) is 2.55. The third-order valence-electron chi connectivity index (χ3n) is 2.90. The van der Waals surface area contributed by atoms with E-state index in [1.807, 2.05) is 6.92 Å². The van der Waals surface area contributed by atoms with E-state index in [4.69, 9.17) is 4.74 Å². The molecule has 1 heterocycles. The van der Waals surface area contributed by atoms with Crippen LogP contribution in [0.1, 0.15) is 33.6 Å². The summed E-state index contributed by atoms with van der Waals surface area (Å²) in [5.74, 6) is 0.333. The maximum Gasteiger partial charge on any atom is 0.411 e. The van der Waals surface area contributed by atoms with Crippen LogP contribution in [0.5, 0.6) is 0 Å². The Hall–Kier alpha value is -0.580. The van der Waals surface area contributed by atoms with Crippen LogP contribution in [0.4, 0.5) is 4.79 Å². The van der Waals surface area contributed by atoms with Crippen molar-refractivity contribution in [2.24, 2.45) is 5.92 Å². The maximum atomic E-state index is 11.7. The van der Waals surface area contributed by atoms with E-state index in [-0.39, 0.29) is 12.1 Å². The summed E-state index contributed by atoms with van der Waals surface area (Å²) in [7, 11) is 0. The number of carbonyl (C=O) groups excluding carboxylic acids is 2. The second-order valence-corrected chi connectivity index (χ2v) is 6.31. The topological polar surface area (TPSA) is 46.6 Å². The molecule has 0 N–H and O–H groups in total. The van der Waals surface area contributed by atoms with Gasteiger partial charge in [0.15, 0.2) is 0 Å². The Labute approximate surface area is 104 Å². The van der Waals surface area contributed by atoms with Crippen molar-refractivity contribution in [3.05, 3.63) is 0 Å². The van der Waals surface area contributed by atoms with Crippen LogP contribution in [-0.2, 0) is 9.53 Å². The fourth-order valence-electron chi connectivity index (χ4n) is 1.91. The maximum absolute atomic E-state index is 11.7. The Morgan fingerprint density at radius 1 is 1.69 bits per heavy atom. The molecule has 0 saturated carbocycles. The first kappa shape index (κ1) is 13.5. The lowest BCUT2D eigenvalue weighted by molar-refractivity contribution is -0.108. The largest absolute Gasteiger partial charge is 0.447 e. The van der Waals surface area contributed by atoms with Gasteiger partial charge in [0.1, 0.15) is 12.9 Å². The summed E-state index contributed by atoms with van der Waals surface area (Å²) in [6.07, 6.45) is 1.58. The van der Waals surface area contributed by atoms with Crippen molar-refractivity contribution in [1.82, 2.24) is 4.90 Å². The molecule has 5 heteroatoms. The van der Waals surface area contributed by atoms with Gasteiger partial charge in [-0.3, -0.25) is 4.90 Å². The highest BCUT2D eigenvalue weighted by Crippen LogP contribution is 2.35. The molecule has 0 aliphatic carbocycles. The molecule has 1 amide bonds. The zero-order valence-electron chi connectivity index (χ0n) is 9.90. The van der Waals surface area contributed by atoms with Gasteiger partial charge >= 0.3 is 6.09 Å². The number of hydrogen-bond donors (Lipinski definition) is 0. The molecule has 1 fully saturated rings. The number of nitrogens with zero attached hydrogens (tertiary/aromatic N) is 1. The van der Waals surface area contributed by atoms with Crippen molar-refractivity contribution < 1.29 is 14.3 Å². The average molecular weight is 292 g/mol. The molecule has 0 spiro atoms. The van der Waals surface area contributed by atoms with Gasteiger partial charge in [0.05, 0.1) is 10.5 Å². The van der Waals surface area contributed by atoms with Crippen LogP contribution < -0.4 is 0 Å². The minimum Gasteiger partial charge on any atom is -0.447 e. The van der Waals surface area contributed by atoms with E-state index in [9.17, 15) is 9.59 Å². The van der Waals surface area contributed by atoms with Crippen LogP contribution in [0.15, 0.2) is 0 Å². The lowest BCUT2D eigenvalue weighted by atomic mass is 10.0. The molecular formula is C11H18BrNO3. The molecule has 92 valence electrons. The third-order valence-corrected chi connectivity index (χ3v) is 3.67. The molecule has 1 aliphatic heterocycles. The molecule has 0 bridgehead atoms. The number of aldehydes is 1. The van der Waals surface area contributed by atoms with Crippen molar-refractivity contribution in [2.45, 2.75) is 44.1 Å². The van der Waals surface area contributed by atoms with Crippen LogP contribution >= 0.6 is 15.9 Å². The zero-order valence-corrected chi connectivity index (χ0v) is 11.5. The highest BCUT2D eigenvalue weighted by Gasteiger charge is 2.44. The number of amides is 1. The van der Waals surface area contributed by atoms with Gasteiger partial charge in [-0.05, 0) is 19.3 Å². The number of rotatable bonds is 5. The van der Waals surface area contributed by atoms with Crippen LogP contribution in [0.2, 0.25) is 0 Å². The first-order valence-corrected chi connectivity index (χ1v) is 6.28. The van der Waals surface area contributed by atoms with Gasteiger partial charge in [-0.15, -0.1) is 0 Å². The smallest absolute Gasteiger partial charge is 0.411 e. The second kappa shape index (κ2) is 5.17. The fourth-order valence-corrected chi connectivity index (χ4v) is 2.54. The molecule has 1 rings (SSSR count). The summed E-state index contributed by atoms with van der Waals surface area (Å²) in [6, 6.07) is 0.0727. The van der Waals surface area contributed by atoms with E-state index in [0.717, 1.165) is 6.29 Å². The van der Waals surface area contributed by atoms with E-state index in [1.165, 1.54) is 0 Å². The molecule has 0 aromatic heterocycles. The predicted molar refractivity (Wildman–Crippen MR) is 64.4 cm³/mol. The Morgan fingerprint density at radius 3 is 2.81 bits per heavy atom. The van der Waals surface area contributed by atoms with Crippen molar-refractivity contribution in [3.8, 4) is 0 Å². The first-order valence-electron chi connectivity index (χ1n) is 5.49. The molecule has 16 heavy (non-hydrogen) atoms. The summed E-state index contributed by atoms with van der Waals surface area (Å²) in [6.45, 7) is 6.45. The Bertz CT molecular complexity index is 278. The van der Waals surface area contributed by atoms with E-state index < -0.39 is 4.45 Å². The van der Waals surface area contributed by atoms with Crippen LogP contribution in [0.25, 0.3) is 0 Å². The summed E-state index contributed by atoms with van der Waals surface area (Å²) in [4.78, 5) is 23.8. The monoisotopic (exact) mass is 291 g/mol. The molecule has 1 unspecified atom stereocenters. The number of carbonyl (C=O) groups is 2. The normalized spacial score (nSPS) is 24.4. The highest BCUT2D eigenvalue weighted by molar-refractivity contribution is 9.10. The van der Waals surface area contributed by atoms with E-state index in [2.05, 4.69) is 29.8 Å². The van der Waals surface area contributed by atoms with Crippen molar-refractivity contribution >= 4 is 28.3 Å². The van der Waals surface area contributed by atoms with E-state index in [0.29, 0.717) is 25.4 Å². The summed E-state index contributed by atoms with van der Waals surface area (Å²) >= 11 is 3.53. The van der Waals surface area contributed by atoms with Crippen molar-refractivity contribution in [2.75, 3.05) is 6.61 Å². The van der Waals surface area contributed by atoms with E-state index >= 15 is 0 Å². The minimum atomic E-state index is -0.504. The van der Waals surface area contributed by atoms with E-state index in [1.54, 1.807) is 4.90 Å².